The van der Waals surface area contributed by atoms with Gasteiger partial charge >= 0.3 is 0 Å². The fourth-order valence-electron chi connectivity index (χ4n) is 4.85. The van der Waals surface area contributed by atoms with E-state index >= 15 is 0 Å². The molecule has 2 aliphatic rings. The maximum atomic E-state index is 11.9. The summed E-state index contributed by atoms with van der Waals surface area (Å²) < 4.78 is 5.53. The summed E-state index contributed by atoms with van der Waals surface area (Å²) in [7, 11) is 1.73. The van der Waals surface area contributed by atoms with Crippen LogP contribution in [0.15, 0.2) is 36.4 Å². The van der Waals surface area contributed by atoms with E-state index in [9.17, 15) is 4.79 Å². The predicted octanol–water partition coefficient (Wildman–Crippen LogP) is 3.36. The van der Waals surface area contributed by atoms with Crippen LogP contribution in [-0.2, 0) is 17.6 Å². The fourth-order valence-corrected chi connectivity index (χ4v) is 4.85. The van der Waals surface area contributed by atoms with E-state index in [4.69, 9.17) is 10.5 Å². The van der Waals surface area contributed by atoms with Crippen LogP contribution in [0.5, 0.6) is 5.75 Å². The van der Waals surface area contributed by atoms with Gasteiger partial charge in [-0.05, 0) is 49.1 Å². The molecular formula is C24H33ClN4O2. The average Bonchev–Trinajstić information content (AvgIpc) is 3.19. The first kappa shape index (κ1) is 23.2. The topological polar surface area (TPSA) is 62.0 Å². The number of ether oxygens (including phenoxy) is 1. The van der Waals surface area contributed by atoms with Crippen LogP contribution in [0.25, 0.3) is 0 Å². The van der Waals surface area contributed by atoms with Crippen molar-refractivity contribution < 1.29 is 9.53 Å². The number of hydrogen-bond donors (Lipinski definition) is 1. The molecule has 1 unspecified atom stereocenters. The van der Waals surface area contributed by atoms with Crippen molar-refractivity contribution in [1.29, 1.82) is 0 Å². The minimum atomic E-state index is 0. The summed E-state index contributed by atoms with van der Waals surface area (Å²) in [6.07, 6.45) is 1.85. The van der Waals surface area contributed by atoms with Crippen LogP contribution >= 0.6 is 12.4 Å². The molecule has 1 amide bonds. The zero-order valence-electron chi connectivity index (χ0n) is 18.6. The molecule has 2 N–H and O–H groups in total. The van der Waals surface area contributed by atoms with Gasteiger partial charge in [0.2, 0.25) is 5.91 Å². The number of hydrogen-bond acceptors (Lipinski definition) is 5. The Kier molecular flexibility index (Phi) is 7.34. The maximum absolute atomic E-state index is 11.9. The Labute approximate surface area is 191 Å². The van der Waals surface area contributed by atoms with Crippen LogP contribution in [0.1, 0.15) is 25.0 Å². The van der Waals surface area contributed by atoms with Gasteiger partial charge in [0.05, 0.1) is 24.2 Å². The van der Waals surface area contributed by atoms with Crippen molar-refractivity contribution in [2.24, 2.45) is 0 Å². The smallest absolute Gasteiger partial charge is 0.223 e. The lowest BCUT2D eigenvalue weighted by molar-refractivity contribution is -0.116. The first-order valence-corrected chi connectivity index (χ1v) is 10.8. The number of carbonyl (C=O) groups is 1. The third kappa shape index (κ3) is 4.75. The molecule has 2 heterocycles. The molecule has 0 spiro atoms. The largest absolute Gasteiger partial charge is 0.495 e. The van der Waals surface area contributed by atoms with Crippen LogP contribution in [0.3, 0.4) is 0 Å². The molecule has 2 aliphatic heterocycles. The van der Waals surface area contributed by atoms with Crippen molar-refractivity contribution in [3.05, 3.63) is 47.5 Å². The van der Waals surface area contributed by atoms with E-state index in [0.29, 0.717) is 6.04 Å². The minimum Gasteiger partial charge on any atom is -0.495 e. The number of para-hydroxylation sites is 2. The van der Waals surface area contributed by atoms with E-state index in [1.165, 1.54) is 16.8 Å². The summed E-state index contributed by atoms with van der Waals surface area (Å²) >= 11 is 0. The number of carbonyl (C=O) groups excluding carboxylic acids is 1. The average molecular weight is 445 g/mol. The van der Waals surface area contributed by atoms with Gasteiger partial charge in [0, 0.05) is 45.7 Å². The molecule has 7 heteroatoms. The molecule has 6 nitrogen and oxygen atoms in total. The lowest BCUT2D eigenvalue weighted by Crippen LogP contribution is -2.50. The van der Waals surface area contributed by atoms with Gasteiger partial charge in [-0.25, -0.2) is 0 Å². The summed E-state index contributed by atoms with van der Waals surface area (Å²) in [5.74, 6) is 1.00. The molecule has 0 radical (unpaired) electrons. The molecule has 0 aliphatic carbocycles. The number of amides is 1. The highest BCUT2D eigenvalue weighted by Gasteiger charge is 2.27. The molecule has 31 heavy (non-hydrogen) atoms. The molecule has 1 fully saturated rings. The second-order valence-electron chi connectivity index (χ2n) is 8.36. The molecular weight excluding hydrogens is 412 g/mol. The SMILES string of the molecule is COc1ccccc1N1CCN(C(C)Cc2cc(N)c3c(c2)CCN3C(C)=O)CC1.Cl. The number of nitrogens with two attached hydrogens (primary N) is 1. The third-order valence-corrected chi connectivity index (χ3v) is 6.43. The minimum absolute atomic E-state index is 0. The van der Waals surface area contributed by atoms with E-state index in [-0.39, 0.29) is 18.3 Å². The van der Waals surface area contributed by atoms with E-state index in [0.717, 1.165) is 62.7 Å². The van der Waals surface area contributed by atoms with Crippen molar-refractivity contribution in [3.63, 3.8) is 0 Å². The number of rotatable bonds is 5. The van der Waals surface area contributed by atoms with Crippen LogP contribution in [-0.4, -0.2) is 56.7 Å². The Morgan fingerprint density at radius 2 is 1.84 bits per heavy atom. The van der Waals surface area contributed by atoms with Gasteiger partial charge in [-0.3, -0.25) is 9.69 Å². The van der Waals surface area contributed by atoms with Gasteiger partial charge in [0.15, 0.2) is 0 Å². The predicted molar refractivity (Wildman–Crippen MR) is 130 cm³/mol. The van der Waals surface area contributed by atoms with E-state index in [1.807, 2.05) is 12.1 Å². The first-order valence-electron chi connectivity index (χ1n) is 10.8. The molecule has 168 valence electrons. The van der Waals surface area contributed by atoms with Crippen molar-refractivity contribution in [2.75, 3.05) is 55.4 Å². The highest BCUT2D eigenvalue weighted by Crippen LogP contribution is 2.35. The van der Waals surface area contributed by atoms with E-state index in [1.54, 1.807) is 18.9 Å². The third-order valence-electron chi connectivity index (χ3n) is 6.43. The fraction of sp³-hybridized carbons (Fsp3) is 0.458. The lowest BCUT2D eigenvalue weighted by Gasteiger charge is -2.39. The second kappa shape index (κ2) is 9.79. The van der Waals surface area contributed by atoms with Gasteiger partial charge < -0.3 is 20.3 Å². The van der Waals surface area contributed by atoms with Gasteiger partial charge in [0.25, 0.3) is 0 Å². The Balaban J connectivity index is 0.00000272. The van der Waals surface area contributed by atoms with Crippen LogP contribution in [0.4, 0.5) is 17.1 Å². The van der Waals surface area contributed by atoms with E-state index < -0.39 is 0 Å². The second-order valence-corrected chi connectivity index (χ2v) is 8.36. The Bertz CT molecular complexity index is 928. The highest BCUT2D eigenvalue weighted by atomic mass is 35.5. The van der Waals surface area contributed by atoms with Crippen LogP contribution < -0.4 is 20.3 Å². The number of nitrogens with zero attached hydrogens (tertiary/aromatic N) is 3. The number of benzene rings is 2. The summed E-state index contributed by atoms with van der Waals surface area (Å²) in [5.41, 5.74) is 11.6. The van der Waals surface area contributed by atoms with Gasteiger partial charge in [-0.15, -0.1) is 12.4 Å². The number of fused-ring (bicyclic) bond motifs is 1. The van der Waals surface area contributed by atoms with Crippen molar-refractivity contribution in [2.45, 2.75) is 32.7 Å². The molecule has 2 aromatic carbocycles. The number of piperazine rings is 1. The molecule has 1 saturated heterocycles. The number of methoxy groups -OCH3 is 1. The van der Waals surface area contributed by atoms with Crippen molar-refractivity contribution in [3.8, 4) is 5.75 Å². The molecule has 0 aromatic heterocycles. The summed E-state index contributed by atoms with van der Waals surface area (Å²) in [4.78, 5) is 18.6. The summed E-state index contributed by atoms with van der Waals surface area (Å²) in [6, 6.07) is 13.0. The summed E-state index contributed by atoms with van der Waals surface area (Å²) in [6.45, 7) is 8.67. The standard InChI is InChI=1S/C24H32N4O2.ClH/c1-17(14-19-15-20-8-9-28(18(2)29)24(20)21(25)16-19)26-10-12-27(13-11-26)22-6-4-5-7-23(22)30-3;/h4-7,15-17H,8-14,25H2,1-3H3;1H. The molecule has 1 atom stereocenters. The number of halogens is 1. The van der Waals surface area contributed by atoms with Crippen LogP contribution in [0, 0.1) is 0 Å². The van der Waals surface area contributed by atoms with Gasteiger partial charge in [-0.1, -0.05) is 18.2 Å². The van der Waals surface area contributed by atoms with Gasteiger partial charge in [-0.2, -0.15) is 0 Å². The Morgan fingerprint density at radius 3 is 2.52 bits per heavy atom. The zero-order valence-corrected chi connectivity index (χ0v) is 19.5. The van der Waals surface area contributed by atoms with E-state index in [2.05, 4.69) is 41.0 Å². The highest BCUT2D eigenvalue weighted by molar-refractivity contribution is 5.97. The van der Waals surface area contributed by atoms with Gasteiger partial charge in [0.1, 0.15) is 5.75 Å². The number of anilines is 3. The number of nitrogen functional groups attached to an aromatic ring is 1. The molecule has 0 bridgehead atoms. The first-order chi connectivity index (χ1) is 14.5. The molecule has 2 aromatic rings. The van der Waals surface area contributed by atoms with Crippen LogP contribution in [0.2, 0.25) is 0 Å². The zero-order chi connectivity index (χ0) is 21.3. The summed E-state index contributed by atoms with van der Waals surface area (Å²) in [5, 5.41) is 0. The molecule has 0 saturated carbocycles. The van der Waals surface area contributed by atoms with Crippen molar-refractivity contribution in [1.82, 2.24) is 4.90 Å². The Hall–Kier alpha value is -2.44. The monoisotopic (exact) mass is 444 g/mol. The Morgan fingerprint density at radius 1 is 1.13 bits per heavy atom. The van der Waals surface area contributed by atoms with Crippen molar-refractivity contribution >= 4 is 35.4 Å². The quantitative estimate of drug-likeness (QED) is 0.716. The normalized spacial score (nSPS) is 17.1. The molecule has 4 rings (SSSR count). The lowest BCUT2D eigenvalue weighted by atomic mass is 10.00. The maximum Gasteiger partial charge on any atom is 0.223 e.